The average molecular weight is 285 g/mol. The molecule has 2 aromatic heterocycles. The number of ether oxygens (including phenoxy) is 1. The van der Waals surface area contributed by atoms with Crippen LogP contribution in [-0.2, 0) is 11.8 Å². The van der Waals surface area contributed by atoms with Crippen LogP contribution in [0.25, 0.3) is 22.5 Å². The van der Waals surface area contributed by atoms with Crippen molar-refractivity contribution in [1.82, 2.24) is 25.2 Å². The standard InChI is InChI=1S/C14H15N5O2/c1-19-11-5-3-2-4-9(11)12(17-19)14-16-13(18-21-14)10-8-20-7-6-15-10/h2-5,10,15H,6-8H2,1H3. The molecule has 1 unspecified atom stereocenters. The van der Waals surface area contributed by atoms with Crippen LogP contribution in [0.4, 0.5) is 0 Å². The fourth-order valence-corrected chi connectivity index (χ4v) is 2.58. The van der Waals surface area contributed by atoms with E-state index in [0.29, 0.717) is 30.6 Å². The molecule has 0 bridgehead atoms. The minimum absolute atomic E-state index is 0.0220. The number of hydrogen-bond acceptors (Lipinski definition) is 6. The molecule has 0 radical (unpaired) electrons. The van der Waals surface area contributed by atoms with Crippen LogP contribution in [0.2, 0.25) is 0 Å². The normalized spacial score (nSPS) is 19.2. The Hall–Kier alpha value is -2.25. The van der Waals surface area contributed by atoms with Crippen LogP contribution in [0.1, 0.15) is 11.9 Å². The minimum Gasteiger partial charge on any atom is -0.378 e. The van der Waals surface area contributed by atoms with Gasteiger partial charge < -0.3 is 14.6 Å². The molecule has 0 amide bonds. The minimum atomic E-state index is -0.0220. The van der Waals surface area contributed by atoms with Crippen molar-refractivity contribution < 1.29 is 9.26 Å². The lowest BCUT2D eigenvalue weighted by molar-refractivity contribution is 0.0734. The van der Waals surface area contributed by atoms with Crippen LogP contribution >= 0.6 is 0 Å². The van der Waals surface area contributed by atoms with Crippen molar-refractivity contribution in [3.63, 3.8) is 0 Å². The SMILES string of the molecule is Cn1nc(-c2nc(C3COCCN3)no2)c2ccccc21. The van der Waals surface area contributed by atoms with Gasteiger partial charge >= 0.3 is 0 Å². The molecule has 7 nitrogen and oxygen atoms in total. The molecule has 1 N–H and O–H groups in total. The molecule has 4 rings (SSSR count). The predicted octanol–water partition coefficient (Wildman–Crippen LogP) is 1.28. The van der Waals surface area contributed by atoms with Crippen LogP contribution < -0.4 is 5.32 Å². The highest BCUT2D eigenvalue weighted by Gasteiger charge is 2.23. The van der Waals surface area contributed by atoms with E-state index in [9.17, 15) is 0 Å². The van der Waals surface area contributed by atoms with Crippen molar-refractivity contribution in [1.29, 1.82) is 0 Å². The quantitative estimate of drug-likeness (QED) is 0.764. The second-order valence-corrected chi connectivity index (χ2v) is 5.03. The maximum atomic E-state index is 5.42. The molecule has 21 heavy (non-hydrogen) atoms. The van der Waals surface area contributed by atoms with E-state index in [0.717, 1.165) is 17.4 Å². The zero-order chi connectivity index (χ0) is 14.2. The smallest absolute Gasteiger partial charge is 0.279 e. The Balaban J connectivity index is 1.74. The summed E-state index contributed by atoms with van der Waals surface area (Å²) in [5.41, 5.74) is 1.75. The monoisotopic (exact) mass is 285 g/mol. The number of hydrogen-bond donors (Lipinski definition) is 1. The first-order chi connectivity index (χ1) is 10.3. The van der Waals surface area contributed by atoms with Gasteiger partial charge in [0.25, 0.3) is 5.89 Å². The summed E-state index contributed by atoms with van der Waals surface area (Å²) in [7, 11) is 1.90. The van der Waals surface area contributed by atoms with Crippen molar-refractivity contribution >= 4 is 10.9 Å². The van der Waals surface area contributed by atoms with Crippen LogP contribution in [-0.4, -0.2) is 39.7 Å². The van der Waals surface area contributed by atoms with Crippen molar-refractivity contribution in [2.75, 3.05) is 19.8 Å². The number of nitrogens with one attached hydrogen (secondary N) is 1. The number of morpholine rings is 1. The third-order valence-corrected chi connectivity index (χ3v) is 3.64. The first-order valence-electron chi connectivity index (χ1n) is 6.90. The summed E-state index contributed by atoms with van der Waals surface area (Å²) in [6.07, 6.45) is 0. The summed E-state index contributed by atoms with van der Waals surface area (Å²) in [5, 5.41) is 12.9. The molecule has 0 aliphatic carbocycles. The van der Waals surface area contributed by atoms with Gasteiger partial charge in [0.2, 0.25) is 0 Å². The highest BCUT2D eigenvalue weighted by molar-refractivity contribution is 5.91. The van der Waals surface area contributed by atoms with Gasteiger partial charge in [0.1, 0.15) is 0 Å². The second-order valence-electron chi connectivity index (χ2n) is 5.03. The number of benzene rings is 1. The van der Waals surface area contributed by atoms with Gasteiger partial charge in [0, 0.05) is 19.0 Å². The summed E-state index contributed by atoms with van der Waals surface area (Å²) in [5.74, 6) is 1.05. The summed E-state index contributed by atoms with van der Waals surface area (Å²) in [4.78, 5) is 4.47. The van der Waals surface area contributed by atoms with Crippen molar-refractivity contribution in [3.05, 3.63) is 30.1 Å². The van der Waals surface area contributed by atoms with Gasteiger partial charge in [-0.3, -0.25) is 4.68 Å². The van der Waals surface area contributed by atoms with Gasteiger partial charge in [-0.2, -0.15) is 10.1 Å². The predicted molar refractivity (Wildman–Crippen MR) is 75.6 cm³/mol. The van der Waals surface area contributed by atoms with E-state index >= 15 is 0 Å². The molecule has 1 saturated heterocycles. The van der Waals surface area contributed by atoms with Crippen LogP contribution in [0.15, 0.2) is 28.8 Å². The molecule has 0 saturated carbocycles. The van der Waals surface area contributed by atoms with E-state index in [1.165, 1.54) is 0 Å². The number of fused-ring (bicyclic) bond motifs is 1. The molecule has 3 heterocycles. The molecular weight excluding hydrogens is 270 g/mol. The van der Waals surface area contributed by atoms with E-state index in [1.54, 1.807) is 0 Å². The van der Waals surface area contributed by atoms with Crippen LogP contribution in [0, 0.1) is 0 Å². The fourth-order valence-electron chi connectivity index (χ4n) is 2.58. The second kappa shape index (κ2) is 4.94. The zero-order valence-electron chi connectivity index (χ0n) is 11.6. The Kier molecular flexibility index (Phi) is 2.94. The van der Waals surface area contributed by atoms with Crippen molar-refractivity contribution in [3.8, 4) is 11.6 Å². The lowest BCUT2D eigenvalue weighted by Crippen LogP contribution is -2.35. The average Bonchev–Trinajstić information content (AvgIpc) is 3.14. The molecular formula is C14H15N5O2. The number of aryl methyl sites for hydroxylation is 1. The number of rotatable bonds is 2. The topological polar surface area (TPSA) is 78.0 Å². The molecule has 1 atom stereocenters. The van der Waals surface area contributed by atoms with E-state index in [1.807, 2.05) is 36.0 Å². The van der Waals surface area contributed by atoms with E-state index in [2.05, 4.69) is 20.6 Å². The Morgan fingerprint density at radius 1 is 1.33 bits per heavy atom. The molecule has 0 spiro atoms. The van der Waals surface area contributed by atoms with Gasteiger partial charge in [-0.05, 0) is 6.07 Å². The molecule has 1 aliphatic heterocycles. The highest BCUT2D eigenvalue weighted by Crippen LogP contribution is 2.27. The maximum absolute atomic E-state index is 5.42. The molecule has 1 fully saturated rings. The van der Waals surface area contributed by atoms with Crippen molar-refractivity contribution in [2.45, 2.75) is 6.04 Å². The summed E-state index contributed by atoms with van der Waals surface area (Å²) < 4.78 is 12.6. The summed E-state index contributed by atoms with van der Waals surface area (Å²) in [6.45, 7) is 2.06. The third kappa shape index (κ3) is 2.10. The van der Waals surface area contributed by atoms with E-state index in [4.69, 9.17) is 9.26 Å². The van der Waals surface area contributed by atoms with Gasteiger partial charge in [-0.15, -0.1) is 0 Å². The zero-order valence-corrected chi connectivity index (χ0v) is 11.6. The summed E-state index contributed by atoms with van der Waals surface area (Å²) >= 11 is 0. The highest BCUT2D eigenvalue weighted by atomic mass is 16.5. The number of para-hydroxylation sites is 1. The van der Waals surface area contributed by atoms with Gasteiger partial charge in [-0.1, -0.05) is 23.4 Å². The maximum Gasteiger partial charge on any atom is 0.279 e. The Morgan fingerprint density at radius 2 is 2.24 bits per heavy atom. The van der Waals surface area contributed by atoms with Gasteiger partial charge in [-0.25, -0.2) is 0 Å². The van der Waals surface area contributed by atoms with Crippen LogP contribution in [0.5, 0.6) is 0 Å². The molecule has 1 aromatic carbocycles. The van der Waals surface area contributed by atoms with E-state index < -0.39 is 0 Å². The van der Waals surface area contributed by atoms with Crippen LogP contribution in [0.3, 0.4) is 0 Å². The number of aromatic nitrogens is 4. The lowest BCUT2D eigenvalue weighted by Gasteiger charge is -2.20. The molecule has 3 aromatic rings. The van der Waals surface area contributed by atoms with E-state index in [-0.39, 0.29) is 6.04 Å². The molecule has 108 valence electrons. The largest absolute Gasteiger partial charge is 0.378 e. The van der Waals surface area contributed by atoms with Gasteiger partial charge in [0.15, 0.2) is 11.5 Å². The Morgan fingerprint density at radius 3 is 3.10 bits per heavy atom. The Bertz CT molecular complexity index is 773. The summed E-state index contributed by atoms with van der Waals surface area (Å²) in [6, 6.07) is 7.95. The third-order valence-electron chi connectivity index (χ3n) is 3.64. The first kappa shape index (κ1) is 12.5. The van der Waals surface area contributed by atoms with Gasteiger partial charge in [0.05, 0.1) is 24.8 Å². The van der Waals surface area contributed by atoms with Crippen molar-refractivity contribution in [2.24, 2.45) is 7.05 Å². The Labute approximate surface area is 120 Å². The fraction of sp³-hybridized carbons (Fsp3) is 0.357. The lowest BCUT2D eigenvalue weighted by atomic mass is 10.2. The molecule has 1 aliphatic rings. The first-order valence-corrected chi connectivity index (χ1v) is 6.90. The molecule has 7 heteroatoms. The number of nitrogens with zero attached hydrogens (tertiary/aromatic N) is 4.